The van der Waals surface area contributed by atoms with Gasteiger partial charge >= 0.3 is 0 Å². The molecule has 0 aliphatic heterocycles. The summed E-state index contributed by atoms with van der Waals surface area (Å²) in [5.41, 5.74) is -0.128. The molecular formula is C23H25F2N3O5S. The SMILES string of the molecule is CCCCOc1ccccc1-c1nc(C(=O)NC(C)c2cc(F)c(NS(C)(=O)=O)c(F)c2)co1. The van der Waals surface area contributed by atoms with Crippen LogP contribution >= 0.6 is 0 Å². The number of amides is 1. The van der Waals surface area contributed by atoms with E-state index in [0.717, 1.165) is 31.2 Å². The number of hydrogen-bond donors (Lipinski definition) is 2. The number of aromatic nitrogens is 1. The van der Waals surface area contributed by atoms with Crippen LogP contribution in [0.4, 0.5) is 14.5 Å². The van der Waals surface area contributed by atoms with E-state index < -0.39 is 39.3 Å². The van der Waals surface area contributed by atoms with E-state index in [9.17, 15) is 22.0 Å². The Morgan fingerprint density at radius 3 is 2.53 bits per heavy atom. The first kappa shape index (κ1) is 25.2. The van der Waals surface area contributed by atoms with Crippen LogP contribution in [-0.2, 0) is 10.0 Å². The highest BCUT2D eigenvalue weighted by Gasteiger charge is 2.21. The molecule has 3 rings (SSSR count). The smallest absolute Gasteiger partial charge is 0.273 e. The molecule has 0 saturated carbocycles. The quantitative estimate of drug-likeness (QED) is 0.398. The molecule has 8 nitrogen and oxygen atoms in total. The van der Waals surface area contributed by atoms with Gasteiger partial charge in [-0.25, -0.2) is 22.2 Å². The van der Waals surface area contributed by atoms with Gasteiger partial charge in [0.2, 0.25) is 15.9 Å². The van der Waals surface area contributed by atoms with E-state index in [1.165, 1.54) is 13.2 Å². The van der Waals surface area contributed by atoms with Gasteiger partial charge in [0.1, 0.15) is 17.7 Å². The number of halogens is 2. The maximum Gasteiger partial charge on any atom is 0.273 e. The van der Waals surface area contributed by atoms with Crippen LogP contribution in [0.15, 0.2) is 47.1 Å². The van der Waals surface area contributed by atoms with E-state index in [4.69, 9.17) is 9.15 Å². The molecule has 0 fully saturated rings. The molecule has 0 radical (unpaired) electrons. The molecule has 1 aromatic heterocycles. The van der Waals surface area contributed by atoms with Gasteiger partial charge < -0.3 is 14.5 Å². The third kappa shape index (κ3) is 6.31. The third-order valence-electron chi connectivity index (χ3n) is 4.81. The second-order valence-electron chi connectivity index (χ2n) is 7.67. The van der Waals surface area contributed by atoms with E-state index in [1.807, 2.05) is 6.07 Å². The Labute approximate surface area is 196 Å². The molecule has 0 spiro atoms. The lowest BCUT2D eigenvalue weighted by Crippen LogP contribution is -2.27. The lowest BCUT2D eigenvalue weighted by atomic mass is 10.1. The Morgan fingerprint density at radius 1 is 1.21 bits per heavy atom. The Balaban J connectivity index is 1.74. The van der Waals surface area contributed by atoms with Crippen LogP contribution in [0.3, 0.4) is 0 Å². The number of benzene rings is 2. The summed E-state index contributed by atoms with van der Waals surface area (Å²) in [4.78, 5) is 16.9. The van der Waals surface area contributed by atoms with Gasteiger partial charge in [-0.3, -0.25) is 9.52 Å². The zero-order chi connectivity index (χ0) is 24.9. The van der Waals surface area contributed by atoms with Crippen LogP contribution in [0.5, 0.6) is 5.75 Å². The topological polar surface area (TPSA) is 111 Å². The summed E-state index contributed by atoms with van der Waals surface area (Å²) in [5.74, 6) is -2.06. The molecule has 0 aliphatic carbocycles. The second-order valence-corrected chi connectivity index (χ2v) is 9.41. The van der Waals surface area contributed by atoms with Crippen molar-refractivity contribution in [3.05, 3.63) is 65.6 Å². The van der Waals surface area contributed by atoms with Crippen molar-refractivity contribution in [1.29, 1.82) is 0 Å². The van der Waals surface area contributed by atoms with E-state index in [1.54, 1.807) is 22.9 Å². The molecular weight excluding hydrogens is 468 g/mol. The average molecular weight is 494 g/mol. The van der Waals surface area contributed by atoms with E-state index in [2.05, 4.69) is 17.2 Å². The first-order valence-electron chi connectivity index (χ1n) is 10.5. The maximum absolute atomic E-state index is 14.3. The predicted octanol–water partition coefficient (Wildman–Crippen LogP) is 4.66. The number of oxazole rings is 1. The second kappa shape index (κ2) is 10.6. The first-order valence-corrected chi connectivity index (χ1v) is 12.4. The average Bonchev–Trinajstić information content (AvgIpc) is 3.26. The fourth-order valence-electron chi connectivity index (χ4n) is 3.08. The zero-order valence-corrected chi connectivity index (χ0v) is 19.7. The summed E-state index contributed by atoms with van der Waals surface area (Å²) in [6.07, 6.45) is 3.83. The lowest BCUT2D eigenvalue weighted by Gasteiger charge is -2.15. The Kier molecular flexibility index (Phi) is 7.87. The van der Waals surface area contributed by atoms with Crippen LogP contribution in [0.25, 0.3) is 11.5 Å². The molecule has 11 heteroatoms. The number of sulfonamides is 1. The molecule has 0 saturated heterocycles. The number of unbranched alkanes of at least 4 members (excludes halogenated alkanes) is 1. The minimum Gasteiger partial charge on any atom is -0.493 e. The summed E-state index contributed by atoms with van der Waals surface area (Å²) in [6.45, 7) is 4.11. The highest BCUT2D eigenvalue weighted by atomic mass is 32.2. The predicted molar refractivity (Wildman–Crippen MR) is 123 cm³/mol. The number of carbonyl (C=O) groups is 1. The monoisotopic (exact) mass is 493 g/mol. The van der Waals surface area contributed by atoms with Gasteiger partial charge in [-0.2, -0.15) is 0 Å². The fraction of sp³-hybridized carbons (Fsp3) is 0.304. The molecule has 34 heavy (non-hydrogen) atoms. The van der Waals surface area contributed by atoms with Gasteiger partial charge in [-0.1, -0.05) is 25.5 Å². The number of rotatable bonds is 10. The number of carbonyl (C=O) groups excluding carboxylic acids is 1. The summed E-state index contributed by atoms with van der Waals surface area (Å²) in [5, 5.41) is 2.59. The highest BCUT2D eigenvalue weighted by Crippen LogP contribution is 2.30. The number of para-hydroxylation sites is 1. The Hall–Kier alpha value is -3.47. The summed E-state index contributed by atoms with van der Waals surface area (Å²) < 4.78 is 64.2. The number of anilines is 1. The van der Waals surface area contributed by atoms with Crippen LogP contribution in [0.1, 0.15) is 48.8 Å². The molecule has 2 aromatic carbocycles. The van der Waals surface area contributed by atoms with Crippen molar-refractivity contribution in [2.75, 3.05) is 17.6 Å². The van der Waals surface area contributed by atoms with Crippen molar-refractivity contribution in [1.82, 2.24) is 10.3 Å². The lowest BCUT2D eigenvalue weighted by molar-refractivity contribution is 0.0934. The van der Waals surface area contributed by atoms with Crippen molar-refractivity contribution in [3.8, 4) is 17.2 Å². The summed E-state index contributed by atoms with van der Waals surface area (Å²) >= 11 is 0. The largest absolute Gasteiger partial charge is 0.493 e. The van der Waals surface area contributed by atoms with Crippen LogP contribution in [0, 0.1) is 11.6 Å². The van der Waals surface area contributed by atoms with Crippen molar-refractivity contribution in [2.24, 2.45) is 0 Å². The molecule has 0 aliphatic rings. The van der Waals surface area contributed by atoms with Crippen molar-refractivity contribution >= 4 is 21.6 Å². The van der Waals surface area contributed by atoms with Gasteiger partial charge in [0, 0.05) is 0 Å². The van der Waals surface area contributed by atoms with Crippen LogP contribution in [-0.4, -0.2) is 32.2 Å². The maximum atomic E-state index is 14.3. The minimum absolute atomic E-state index is 0.0264. The molecule has 1 unspecified atom stereocenters. The van der Waals surface area contributed by atoms with E-state index >= 15 is 0 Å². The van der Waals surface area contributed by atoms with Gasteiger partial charge in [-0.05, 0) is 43.2 Å². The first-order chi connectivity index (χ1) is 16.1. The molecule has 1 amide bonds. The molecule has 3 aromatic rings. The minimum atomic E-state index is -3.87. The highest BCUT2D eigenvalue weighted by molar-refractivity contribution is 7.92. The fourth-order valence-corrected chi connectivity index (χ4v) is 3.64. The van der Waals surface area contributed by atoms with Gasteiger partial charge in [0.05, 0.1) is 24.5 Å². The number of nitrogens with zero attached hydrogens (tertiary/aromatic N) is 1. The van der Waals surface area contributed by atoms with Crippen molar-refractivity contribution in [3.63, 3.8) is 0 Å². The summed E-state index contributed by atoms with van der Waals surface area (Å²) in [6, 6.07) is 8.22. The molecule has 2 N–H and O–H groups in total. The third-order valence-corrected chi connectivity index (χ3v) is 5.38. The molecule has 1 heterocycles. The van der Waals surface area contributed by atoms with E-state index in [-0.39, 0.29) is 17.1 Å². The van der Waals surface area contributed by atoms with Gasteiger partial charge in [-0.15, -0.1) is 0 Å². The van der Waals surface area contributed by atoms with Crippen molar-refractivity contribution in [2.45, 2.75) is 32.7 Å². The number of ether oxygens (including phenoxy) is 1. The number of nitrogens with one attached hydrogen (secondary N) is 2. The Bertz CT molecular complexity index is 1250. The molecule has 1 atom stereocenters. The zero-order valence-electron chi connectivity index (χ0n) is 18.9. The normalized spacial score (nSPS) is 12.3. The van der Waals surface area contributed by atoms with Crippen molar-refractivity contribution < 1.29 is 31.1 Å². The van der Waals surface area contributed by atoms with Crippen LogP contribution < -0.4 is 14.8 Å². The van der Waals surface area contributed by atoms with Crippen LogP contribution in [0.2, 0.25) is 0 Å². The molecule has 0 bridgehead atoms. The van der Waals surface area contributed by atoms with Gasteiger partial charge in [0.25, 0.3) is 5.91 Å². The van der Waals surface area contributed by atoms with Gasteiger partial charge in [0.15, 0.2) is 17.3 Å². The molecule has 182 valence electrons. The van der Waals surface area contributed by atoms with E-state index in [0.29, 0.717) is 17.9 Å². The number of hydrogen-bond acceptors (Lipinski definition) is 6. The summed E-state index contributed by atoms with van der Waals surface area (Å²) in [7, 11) is -3.87. The standard InChI is InChI=1S/C23H25F2N3O5S/c1-4-5-10-32-20-9-7-6-8-16(20)23-27-19(13-33-23)22(29)26-14(2)15-11-17(24)21(18(25)12-15)28-34(3,30)31/h6-9,11-14,28H,4-5,10H2,1-3H3,(H,26,29). The Morgan fingerprint density at radius 2 is 1.88 bits per heavy atom.